The highest BCUT2D eigenvalue weighted by Gasteiger charge is 2.12. The van der Waals surface area contributed by atoms with Gasteiger partial charge < -0.3 is 0 Å². The Morgan fingerprint density at radius 2 is 1.04 bits per heavy atom. The summed E-state index contributed by atoms with van der Waals surface area (Å²) >= 11 is 0. The van der Waals surface area contributed by atoms with Crippen LogP contribution >= 0.6 is 0 Å². The van der Waals surface area contributed by atoms with E-state index in [1.807, 2.05) is 60.7 Å². The normalized spacial score (nSPS) is 11.8. The van der Waals surface area contributed by atoms with E-state index < -0.39 is 11.8 Å². The molecule has 0 aliphatic heterocycles. The van der Waals surface area contributed by atoms with Crippen LogP contribution in [0, 0.1) is 0 Å². The van der Waals surface area contributed by atoms with Gasteiger partial charge in [0.15, 0.2) is 0 Å². The summed E-state index contributed by atoms with van der Waals surface area (Å²) in [7, 11) is 0. The average Bonchev–Trinajstić information content (AvgIpc) is 2.65. The van der Waals surface area contributed by atoms with E-state index in [1.165, 1.54) is 0 Å². The van der Waals surface area contributed by atoms with Crippen LogP contribution < -0.4 is 10.9 Å². The van der Waals surface area contributed by atoms with Crippen molar-refractivity contribution in [1.82, 2.24) is 10.9 Å². The second kappa shape index (κ2) is 9.88. The van der Waals surface area contributed by atoms with Gasteiger partial charge in [0.25, 0.3) is 0 Å². The molecule has 0 bridgehead atoms. The van der Waals surface area contributed by atoms with Crippen LogP contribution in [-0.4, -0.2) is 23.2 Å². The largest absolute Gasteiger partial charge is 0.331 e. The second-order valence-corrected chi connectivity index (χ2v) is 5.90. The van der Waals surface area contributed by atoms with Gasteiger partial charge in [-0.2, -0.15) is 10.2 Å². The standard InChI is InChI=1S/C20H22N4O2/c1-15(13-17-9-5-3-6-10-17)21-23-19(25)20(26)24-22-16(2)14-18-11-7-4-8-12-18/h3-12H,13-14H2,1-2H3,(H,23,25)(H,24,26). The zero-order chi connectivity index (χ0) is 18.8. The molecular formula is C20H22N4O2. The van der Waals surface area contributed by atoms with E-state index in [9.17, 15) is 9.59 Å². The van der Waals surface area contributed by atoms with Gasteiger partial charge >= 0.3 is 11.8 Å². The maximum Gasteiger partial charge on any atom is 0.331 e. The number of amides is 2. The fourth-order valence-corrected chi connectivity index (χ4v) is 2.26. The third-order valence-electron chi connectivity index (χ3n) is 3.51. The first-order valence-corrected chi connectivity index (χ1v) is 8.29. The lowest BCUT2D eigenvalue weighted by Gasteiger charge is -2.04. The van der Waals surface area contributed by atoms with Gasteiger partial charge in [0.1, 0.15) is 0 Å². The molecule has 134 valence electrons. The molecule has 6 nitrogen and oxygen atoms in total. The van der Waals surface area contributed by atoms with Crippen molar-refractivity contribution in [3.8, 4) is 0 Å². The van der Waals surface area contributed by atoms with Gasteiger partial charge in [-0.1, -0.05) is 60.7 Å². The summed E-state index contributed by atoms with van der Waals surface area (Å²) in [5.74, 6) is -1.71. The van der Waals surface area contributed by atoms with E-state index in [0.29, 0.717) is 24.3 Å². The topological polar surface area (TPSA) is 82.9 Å². The van der Waals surface area contributed by atoms with Crippen LogP contribution in [0.15, 0.2) is 70.9 Å². The van der Waals surface area contributed by atoms with Crippen LogP contribution in [0.4, 0.5) is 0 Å². The number of nitrogens with one attached hydrogen (secondary N) is 2. The molecule has 2 N–H and O–H groups in total. The van der Waals surface area contributed by atoms with Crippen LogP contribution in [0.3, 0.4) is 0 Å². The van der Waals surface area contributed by atoms with E-state index >= 15 is 0 Å². The maximum atomic E-state index is 11.8. The number of hydrogen-bond donors (Lipinski definition) is 2. The molecule has 0 radical (unpaired) electrons. The Hall–Kier alpha value is -3.28. The second-order valence-electron chi connectivity index (χ2n) is 5.90. The lowest BCUT2D eigenvalue weighted by molar-refractivity contribution is -0.139. The zero-order valence-electron chi connectivity index (χ0n) is 14.9. The van der Waals surface area contributed by atoms with Crippen molar-refractivity contribution in [3.05, 3.63) is 71.8 Å². The zero-order valence-corrected chi connectivity index (χ0v) is 14.9. The summed E-state index contributed by atoms with van der Waals surface area (Å²) < 4.78 is 0. The Morgan fingerprint density at radius 3 is 1.38 bits per heavy atom. The number of carbonyl (C=O) groups is 2. The minimum Gasteiger partial charge on any atom is -0.262 e. The molecule has 2 aromatic carbocycles. The fourth-order valence-electron chi connectivity index (χ4n) is 2.26. The molecule has 0 spiro atoms. The number of hydrazone groups is 2. The molecule has 0 saturated heterocycles. The number of benzene rings is 2. The van der Waals surface area contributed by atoms with Crippen LogP contribution in [0.2, 0.25) is 0 Å². The van der Waals surface area contributed by atoms with Crippen molar-refractivity contribution >= 4 is 23.2 Å². The number of nitrogens with zero attached hydrogens (tertiary/aromatic N) is 2. The summed E-state index contributed by atoms with van der Waals surface area (Å²) in [6.45, 7) is 3.57. The van der Waals surface area contributed by atoms with Gasteiger partial charge in [0.2, 0.25) is 0 Å². The quantitative estimate of drug-likeness (QED) is 0.476. The van der Waals surface area contributed by atoms with Gasteiger partial charge in [-0.25, -0.2) is 10.9 Å². The van der Waals surface area contributed by atoms with Crippen molar-refractivity contribution in [2.75, 3.05) is 0 Å². The molecule has 0 aromatic heterocycles. The molecule has 0 atom stereocenters. The molecule has 2 rings (SSSR count). The summed E-state index contributed by atoms with van der Waals surface area (Å²) in [4.78, 5) is 23.5. The highest BCUT2D eigenvalue weighted by molar-refractivity contribution is 6.35. The third kappa shape index (κ3) is 6.68. The molecule has 26 heavy (non-hydrogen) atoms. The summed E-state index contributed by atoms with van der Waals surface area (Å²) in [6.07, 6.45) is 1.19. The summed E-state index contributed by atoms with van der Waals surface area (Å²) in [6, 6.07) is 19.5. The summed E-state index contributed by atoms with van der Waals surface area (Å²) in [5.41, 5.74) is 8.03. The molecule has 2 aromatic rings. The van der Waals surface area contributed by atoms with Crippen molar-refractivity contribution in [1.29, 1.82) is 0 Å². The molecule has 0 fully saturated rings. The maximum absolute atomic E-state index is 11.8. The molecule has 0 aliphatic rings. The Labute approximate surface area is 153 Å². The lowest BCUT2D eigenvalue weighted by Crippen LogP contribution is -2.36. The third-order valence-corrected chi connectivity index (χ3v) is 3.51. The first-order valence-electron chi connectivity index (χ1n) is 8.29. The predicted octanol–water partition coefficient (Wildman–Crippen LogP) is 2.46. The number of rotatable bonds is 6. The SMILES string of the molecule is CC(Cc1ccccc1)=NNC(=O)C(=O)NN=C(C)Cc1ccccc1. The highest BCUT2D eigenvalue weighted by Crippen LogP contribution is 2.01. The average molecular weight is 350 g/mol. The monoisotopic (exact) mass is 350 g/mol. The van der Waals surface area contributed by atoms with E-state index in [2.05, 4.69) is 21.1 Å². The van der Waals surface area contributed by atoms with Crippen molar-refractivity contribution in [3.63, 3.8) is 0 Å². The minimum absolute atomic E-state index is 0.594. The van der Waals surface area contributed by atoms with E-state index in [4.69, 9.17) is 0 Å². The Bertz CT molecular complexity index is 730. The molecule has 2 amide bonds. The van der Waals surface area contributed by atoms with Gasteiger partial charge in [-0.15, -0.1) is 0 Å². The van der Waals surface area contributed by atoms with Crippen molar-refractivity contribution < 1.29 is 9.59 Å². The minimum atomic E-state index is -0.853. The van der Waals surface area contributed by atoms with E-state index in [0.717, 1.165) is 11.1 Å². The summed E-state index contributed by atoms with van der Waals surface area (Å²) in [5, 5.41) is 7.89. The number of hydrogen-bond acceptors (Lipinski definition) is 4. The Balaban J connectivity index is 1.80. The first-order chi connectivity index (χ1) is 12.5. The smallest absolute Gasteiger partial charge is 0.262 e. The molecule has 0 aliphatic carbocycles. The van der Waals surface area contributed by atoms with Crippen molar-refractivity contribution in [2.45, 2.75) is 26.7 Å². The van der Waals surface area contributed by atoms with Crippen LogP contribution in [0.5, 0.6) is 0 Å². The molecule has 0 heterocycles. The Kier molecular flexibility index (Phi) is 7.24. The molecule has 0 saturated carbocycles. The van der Waals surface area contributed by atoms with Gasteiger partial charge in [0, 0.05) is 24.3 Å². The fraction of sp³-hybridized carbons (Fsp3) is 0.200. The molecule has 6 heteroatoms. The van der Waals surface area contributed by atoms with Gasteiger partial charge in [-0.3, -0.25) is 9.59 Å². The van der Waals surface area contributed by atoms with Gasteiger partial charge in [-0.05, 0) is 25.0 Å². The van der Waals surface area contributed by atoms with E-state index in [-0.39, 0.29) is 0 Å². The van der Waals surface area contributed by atoms with Crippen molar-refractivity contribution in [2.24, 2.45) is 10.2 Å². The Morgan fingerprint density at radius 1 is 0.692 bits per heavy atom. The molecule has 0 unspecified atom stereocenters. The lowest BCUT2D eigenvalue weighted by atomic mass is 10.1. The van der Waals surface area contributed by atoms with E-state index in [1.54, 1.807) is 13.8 Å². The predicted molar refractivity (Wildman–Crippen MR) is 103 cm³/mol. The van der Waals surface area contributed by atoms with Crippen LogP contribution in [-0.2, 0) is 22.4 Å². The highest BCUT2D eigenvalue weighted by atomic mass is 16.2. The van der Waals surface area contributed by atoms with Crippen LogP contribution in [0.25, 0.3) is 0 Å². The molecular weight excluding hydrogens is 328 g/mol. The van der Waals surface area contributed by atoms with Crippen LogP contribution in [0.1, 0.15) is 25.0 Å². The first kappa shape index (κ1) is 19.1. The van der Waals surface area contributed by atoms with Gasteiger partial charge in [0.05, 0.1) is 0 Å². The number of carbonyl (C=O) groups excluding carboxylic acids is 2.